The van der Waals surface area contributed by atoms with Crippen LogP contribution in [-0.4, -0.2) is 15.0 Å². The van der Waals surface area contributed by atoms with Crippen LogP contribution in [0.3, 0.4) is 0 Å². The molecule has 0 bridgehead atoms. The predicted molar refractivity (Wildman–Crippen MR) is 202 cm³/mol. The highest BCUT2D eigenvalue weighted by Gasteiger charge is 2.22. The molecule has 0 unspecified atom stereocenters. The molecule has 234 valence electrons. The van der Waals surface area contributed by atoms with E-state index in [1.807, 2.05) is 84.9 Å². The molecule has 0 fully saturated rings. The maximum atomic E-state index is 6.65. The van der Waals surface area contributed by atoms with Gasteiger partial charge in [-0.05, 0) is 47.0 Å². The molecule has 0 amide bonds. The lowest BCUT2D eigenvalue weighted by Crippen LogP contribution is -2.00. The van der Waals surface area contributed by atoms with Crippen molar-refractivity contribution in [1.29, 1.82) is 0 Å². The first kappa shape index (κ1) is 28.2. The zero-order valence-corrected chi connectivity index (χ0v) is 26.7. The highest BCUT2D eigenvalue weighted by Crippen LogP contribution is 2.42. The van der Waals surface area contributed by atoms with Gasteiger partial charge in [-0.1, -0.05) is 133 Å². The van der Waals surface area contributed by atoms with Gasteiger partial charge in [-0.25, -0.2) is 15.0 Å². The monoisotopic (exact) mass is 641 g/mol. The predicted octanol–water partition coefficient (Wildman–Crippen LogP) is 12.0. The summed E-state index contributed by atoms with van der Waals surface area (Å²) in [4.78, 5) is 15.3. The lowest BCUT2D eigenvalue weighted by atomic mass is 9.96. The van der Waals surface area contributed by atoms with E-state index < -0.39 is 0 Å². The Morgan fingerprint density at radius 1 is 0.300 bits per heavy atom. The lowest BCUT2D eigenvalue weighted by molar-refractivity contribution is 0.669. The van der Waals surface area contributed by atoms with Crippen LogP contribution in [0.25, 0.3) is 100 Å². The first-order chi connectivity index (χ1) is 24.8. The van der Waals surface area contributed by atoms with Crippen LogP contribution < -0.4 is 0 Å². The Kier molecular flexibility index (Phi) is 6.42. The van der Waals surface area contributed by atoms with Crippen molar-refractivity contribution < 1.29 is 8.83 Å². The number of benzene rings is 7. The van der Waals surface area contributed by atoms with Gasteiger partial charge < -0.3 is 8.83 Å². The number of fused-ring (bicyclic) bond motifs is 6. The molecule has 0 atom stereocenters. The van der Waals surface area contributed by atoms with Crippen LogP contribution in [0.4, 0.5) is 0 Å². The summed E-state index contributed by atoms with van der Waals surface area (Å²) in [6.07, 6.45) is 0. The summed E-state index contributed by atoms with van der Waals surface area (Å²) in [6, 6.07) is 55.7. The number of rotatable bonds is 5. The third kappa shape index (κ3) is 4.60. The number of aromatic nitrogens is 3. The summed E-state index contributed by atoms with van der Waals surface area (Å²) in [5.74, 6) is 1.68. The third-order valence-electron chi connectivity index (χ3n) is 9.38. The fourth-order valence-electron chi connectivity index (χ4n) is 6.97. The van der Waals surface area contributed by atoms with Gasteiger partial charge in [0.1, 0.15) is 22.3 Å². The van der Waals surface area contributed by atoms with Gasteiger partial charge in [0.25, 0.3) is 0 Å². The van der Waals surface area contributed by atoms with Crippen molar-refractivity contribution >= 4 is 43.9 Å². The fraction of sp³-hybridized carbons (Fsp3) is 0. The van der Waals surface area contributed by atoms with Crippen LogP contribution in [0, 0.1) is 0 Å². The van der Waals surface area contributed by atoms with Gasteiger partial charge >= 0.3 is 0 Å². The van der Waals surface area contributed by atoms with Crippen molar-refractivity contribution in [3.05, 3.63) is 164 Å². The molecule has 50 heavy (non-hydrogen) atoms. The van der Waals surface area contributed by atoms with E-state index in [4.69, 9.17) is 23.8 Å². The molecule has 10 aromatic rings. The quantitative estimate of drug-likeness (QED) is 0.187. The van der Waals surface area contributed by atoms with E-state index in [9.17, 15) is 0 Å². The maximum absolute atomic E-state index is 6.65. The van der Waals surface area contributed by atoms with Crippen LogP contribution in [0.2, 0.25) is 0 Å². The van der Waals surface area contributed by atoms with Gasteiger partial charge in [-0.15, -0.1) is 0 Å². The van der Waals surface area contributed by atoms with E-state index >= 15 is 0 Å². The molecule has 0 aliphatic rings. The van der Waals surface area contributed by atoms with Crippen LogP contribution >= 0.6 is 0 Å². The smallest absolute Gasteiger partial charge is 0.167 e. The molecule has 7 aromatic carbocycles. The van der Waals surface area contributed by atoms with Gasteiger partial charge in [0, 0.05) is 38.2 Å². The van der Waals surface area contributed by atoms with E-state index in [-0.39, 0.29) is 0 Å². The molecular weight excluding hydrogens is 615 g/mol. The van der Waals surface area contributed by atoms with Crippen LogP contribution in [-0.2, 0) is 0 Å². The molecule has 5 nitrogen and oxygen atoms in total. The average Bonchev–Trinajstić information content (AvgIpc) is 3.77. The second kappa shape index (κ2) is 11.4. The molecule has 0 N–H and O–H groups in total. The molecule has 0 radical (unpaired) electrons. The van der Waals surface area contributed by atoms with Crippen molar-refractivity contribution in [2.75, 3.05) is 0 Å². The summed E-state index contributed by atoms with van der Waals surface area (Å²) < 4.78 is 13.1. The molecule has 0 aliphatic carbocycles. The van der Waals surface area contributed by atoms with Gasteiger partial charge in [-0.3, -0.25) is 0 Å². The summed E-state index contributed by atoms with van der Waals surface area (Å²) in [7, 11) is 0. The minimum Gasteiger partial charge on any atom is -0.455 e. The number of para-hydroxylation sites is 3. The highest BCUT2D eigenvalue weighted by molar-refractivity contribution is 6.16. The topological polar surface area (TPSA) is 65.0 Å². The normalized spacial score (nSPS) is 11.6. The second-order valence-electron chi connectivity index (χ2n) is 12.4. The van der Waals surface area contributed by atoms with Gasteiger partial charge in [-0.2, -0.15) is 0 Å². The average molecular weight is 642 g/mol. The molecule has 5 heteroatoms. The summed E-state index contributed by atoms with van der Waals surface area (Å²) in [5, 5.41) is 4.04. The molecule has 10 rings (SSSR count). The summed E-state index contributed by atoms with van der Waals surface area (Å²) in [6.45, 7) is 0. The van der Waals surface area contributed by atoms with Crippen LogP contribution in [0.5, 0.6) is 0 Å². The maximum Gasteiger partial charge on any atom is 0.167 e. The van der Waals surface area contributed by atoms with Crippen molar-refractivity contribution in [1.82, 2.24) is 15.0 Å². The zero-order valence-electron chi connectivity index (χ0n) is 26.7. The molecule has 0 aliphatic heterocycles. The number of hydrogen-bond donors (Lipinski definition) is 0. The molecule has 0 saturated heterocycles. The Morgan fingerprint density at radius 3 is 1.58 bits per heavy atom. The van der Waals surface area contributed by atoms with E-state index in [1.165, 1.54) is 5.56 Å². The SMILES string of the molecule is c1ccc(-c2ccc(-c3ccc(-c4nc(-c5ccccc5)nc(-c5cccc6c5oc5ccccc56)n4)c4c3oc3ccccc34)cc2)cc1. The van der Waals surface area contributed by atoms with Crippen molar-refractivity contribution in [2.45, 2.75) is 0 Å². The molecular formula is C45H27N3O2. The molecule has 0 spiro atoms. The number of nitrogens with zero attached hydrogens (tertiary/aromatic N) is 3. The Bertz CT molecular complexity index is 2850. The van der Waals surface area contributed by atoms with E-state index in [0.717, 1.165) is 77.3 Å². The molecule has 3 aromatic heterocycles. The van der Waals surface area contributed by atoms with Gasteiger partial charge in [0.2, 0.25) is 0 Å². The van der Waals surface area contributed by atoms with E-state index in [0.29, 0.717) is 17.5 Å². The third-order valence-corrected chi connectivity index (χ3v) is 9.38. The summed E-state index contributed by atoms with van der Waals surface area (Å²) >= 11 is 0. The Balaban J connectivity index is 1.20. The second-order valence-corrected chi connectivity index (χ2v) is 12.4. The van der Waals surface area contributed by atoms with Crippen molar-refractivity contribution in [3.63, 3.8) is 0 Å². The Hall–Kier alpha value is -6.85. The standard InChI is InChI=1S/C45H27N3O2/c1-3-12-28(13-4-1)29-22-24-30(25-23-29)32-26-27-36(40-35-17-8-10-21-39(35)50-42(32)40)44-46-43(31-14-5-2-6-15-31)47-45(48-44)37-19-11-18-34-33-16-7-9-20-38(33)49-41(34)37/h1-27H. The van der Waals surface area contributed by atoms with Crippen LogP contribution in [0.15, 0.2) is 173 Å². The number of furan rings is 2. The van der Waals surface area contributed by atoms with Gasteiger partial charge in [0.05, 0.1) is 5.56 Å². The van der Waals surface area contributed by atoms with Crippen molar-refractivity contribution in [2.24, 2.45) is 0 Å². The Labute approximate surface area is 287 Å². The lowest BCUT2D eigenvalue weighted by Gasteiger charge is -2.11. The Morgan fingerprint density at radius 2 is 0.820 bits per heavy atom. The largest absolute Gasteiger partial charge is 0.455 e. The number of hydrogen-bond acceptors (Lipinski definition) is 5. The summed E-state index contributed by atoms with van der Waals surface area (Å²) in [5.41, 5.74) is 10.2. The zero-order chi connectivity index (χ0) is 33.0. The molecule has 0 saturated carbocycles. The fourth-order valence-corrected chi connectivity index (χ4v) is 6.97. The minimum atomic E-state index is 0.542. The minimum absolute atomic E-state index is 0.542. The van der Waals surface area contributed by atoms with Crippen molar-refractivity contribution in [3.8, 4) is 56.4 Å². The van der Waals surface area contributed by atoms with Gasteiger partial charge in [0.15, 0.2) is 17.5 Å². The molecule has 3 heterocycles. The van der Waals surface area contributed by atoms with Crippen LogP contribution in [0.1, 0.15) is 0 Å². The van der Waals surface area contributed by atoms with E-state index in [1.54, 1.807) is 0 Å². The first-order valence-corrected chi connectivity index (χ1v) is 16.6. The highest BCUT2D eigenvalue weighted by atomic mass is 16.3. The van der Waals surface area contributed by atoms with E-state index in [2.05, 4.69) is 78.9 Å². The first-order valence-electron chi connectivity index (χ1n) is 16.6.